The zero-order valence-corrected chi connectivity index (χ0v) is 5.02. The fourth-order valence-electron chi connectivity index (χ4n) is 0.308. The van der Waals surface area contributed by atoms with Crippen LogP contribution in [0.25, 0.3) is 0 Å². The van der Waals surface area contributed by atoms with E-state index in [0.717, 1.165) is 6.54 Å². The molecule has 0 aliphatic carbocycles. The number of nitrogens with two attached hydrogens (primary N) is 2. The normalized spacial score (nSPS) is 10.1. The van der Waals surface area contributed by atoms with Crippen molar-refractivity contribution in [2.45, 2.75) is 6.92 Å². The number of hydrogen-bond acceptors (Lipinski definition) is 1. The van der Waals surface area contributed by atoms with E-state index in [4.69, 9.17) is 11.1 Å². The maximum Gasteiger partial charge on any atom is 0.120 e. The van der Waals surface area contributed by atoms with Gasteiger partial charge in [-0.3, -0.25) is 5.41 Å². The van der Waals surface area contributed by atoms with Gasteiger partial charge in [0.15, 0.2) is 0 Å². The molecule has 8 heavy (non-hydrogen) atoms. The standard InChI is InChI=1S/C5H11N3/c1-2-8-4-3-5(6)7/h3-4,8H,2H2,1H3,(H3,6,7)/p+1/b4-3-. The van der Waals surface area contributed by atoms with Gasteiger partial charge in [0, 0.05) is 6.08 Å². The molecule has 0 aromatic rings. The first kappa shape index (κ1) is 7.17. The van der Waals surface area contributed by atoms with Crippen molar-refractivity contribution in [1.82, 2.24) is 0 Å². The van der Waals surface area contributed by atoms with Crippen molar-refractivity contribution >= 4 is 5.84 Å². The van der Waals surface area contributed by atoms with Crippen molar-refractivity contribution in [2.24, 2.45) is 5.73 Å². The van der Waals surface area contributed by atoms with Crippen molar-refractivity contribution in [1.29, 1.82) is 5.41 Å². The van der Waals surface area contributed by atoms with Crippen LogP contribution in [0.2, 0.25) is 0 Å². The maximum atomic E-state index is 6.74. The Morgan fingerprint density at radius 3 is 2.88 bits per heavy atom. The molecule has 0 aromatic heterocycles. The van der Waals surface area contributed by atoms with Gasteiger partial charge >= 0.3 is 0 Å². The van der Waals surface area contributed by atoms with Crippen LogP contribution in [0.1, 0.15) is 6.92 Å². The van der Waals surface area contributed by atoms with E-state index in [9.17, 15) is 0 Å². The van der Waals surface area contributed by atoms with Gasteiger partial charge in [-0.15, -0.1) is 0 Å². The molecule has 0 aliphatic rings. The second-order valence-corrected chi connectivity index (χ2v) is 1.46. The van der Waals surface area contributed by atoms with Crippen molar-refractivity contribution < 1.29 is 5.32 Å². The van der Waals surface area contributed by atoms with E-state index in [-0.39, 0.29) is 5.84 Å². The molecular weight excluding hydrogens is 102 g/mol. The third kappa shape index (κ3) is 5.17. The minimum atomic E-state index is 0.106. The van der Waals surface area contributed by atoms with Crippen LogP contribution >= 0.6 is 0 Å². The van der Waals surface area contributed by atoms with E-state index in [0.29, 0.717) is 0 Å². The Hall–Kier alpha value is -0.830. The van der Waals surface area contributed by atoms with E-state index in [1.54, 1.807) is 12.3 Å². The first-order valence-electron chi connectivity index (χ1n) is 2.61. The monoisotopic (exact) mass is 114 g/mol. The van der Waals surface area contributed by atoms with E-state index in [1.165, 1.54) is 0 Å². The van der Waals surface area contributed by atoms with Crippen molar-refractivity contribution in [3.8, 4) is 0 Å². The van der Waals surface area contributed by atoms with E-state index < -0.39 is 0 Å². The number of rotatable bonds is 3. The molecule has 0 spiro atoms. The second-order valence-electron chi connectivity index (χ2n) is 1.46. The Morgan fingerprint density at radius 1 is 1.88 bits per heavy atom. The molecule has 5 N–H and O–H groups in total. The summed E-state index contributed by atoms with van der Waals surface area (Å²) in [4.78, 5) is 0. The molecule has 0 heterocycles. The summed E-state index contributed by atoms with van der Waals surface area (Å²) in [5, 5.41) is 8.69. The molecule has 0 atom stereocenters. The first-order valence-corrected chi connectivity index (χ1v) is 2.61. The lowest BCUT2D eigenvalue weighted by molar-refractivity contribution is -0.584. The highest BCUT2D eigenvalue weighted by Gasteiger charge is 1.75. The van der Waals surface area contributed by atoms with Gasteiger partial charge < -0.3 is 11.1 Å². The van der Waals surface area contributed by atoms with Gasteiger partial charge in [0.2, 0.25) is 0 Å². The lowest BCUT2D eigenvalue weighted by atomic mass is 10.5. The summed E-state index contributed by atoms with van der Waals surface area (Å²) in [7, 11) is 0. The highest BCUT2D eigenvalue weighted by atomic mass is 14.8. The van der Waals surface area contributed by atoms with Gasteiger partial charge in [0.25, 0.3) is 0 Å². The Morgan fingerprint density at radius 2 is 2.50 bits per heavy atom. The summed E-state index contributed by atoms with van der Waals surface area (Å²) in [5.41, 5.74) is 5.01. The summed E-state index contributed by atoms with van der Waals surface area (Å²) in [6.45, 7) is 3.02. The smallest absolute Gasteiger partial charge is 0.120 e. The van der Waals surface area contributed by atoms with E-state index in [1.807, 2.05) is 12.2 Å². The van der Waals surface area contributed by atoms with Crippen LogP contribution in [0, 0.1) is 5.41 Å². The molecule has 0 radical (unpaired) electrons. The second kappa shape index (κ2) is 4.33. The molecule has 0 saturated carbocycles. The molecule has 0 fully saturated rings. The largest absolute Gasteiger partial charge is 0.384 e. The van der Waals surface area contributed by atoms with Gasteiger partial charge in [-0.1, -0.05) is 0 Å². The zero-order valence-electron chi connectivity index (χ0n) is 5.02. The Balaban J connectivity index is 3.20. The lowest BCUT2D eigenvalue weighted by Gasteiger charge is -1.83. The topological polar surface area (TPSA) is 66.5 Å². The molecule has 0 aliphatic heterocycles. The SMILES string of the molecule is CC[NH2+]/C=C\C(=N)N. The quantitative estimate of drug-likeness (QED) is 0.320. The van der Waals surface area contributed by atoms with Gasteiger partial charge in [-0.25, -0.2) is 0 Å². The van der Waals surface area contributed by atoms with Crippen LogP contribution in [0.5, 0.6) is 0 Å². The Bertz CT molecular complexity index is 95.8. The molecule has 0 saturated heterocycles. The maximum absolute atomic E-state index is 6.74. The fraction of sp³-hybridized carbons (Fsp3) is 0.400. The molecule has 0 unspecified atom stereocenters. The first-order chi connectivity index (χ1) is 3.77. The van der Waals surface area contributed by atoms with Crippen LogP contribution in [-0.4, -0.2) is 12.4 Å². The lowest BCUT2D eigenvalue weighted by Crippen LogP contribution is -2.77. The van der Waals surface area contributed by atoms with Gasteiger partial charge in [0.1, 0.15) is 5.84 Å². The van der Waals surface area contributed by atoms with Crippen molar-refractivity contribution in [3.63, 3.8) is 0 Å². The minimum Gasteiger partial charge on any atom is -0.384 e. The van der Waals surface area contributed by atoms with Crippen LogP contribution in [0.4, 0.5) is 0 Å². The van der Waals surface area contributed by atoms with Gasteiger partial charge in [-0.05, 0) is 6.92 Å². The molecule has 0 bridgehead atoms. The van der Waals surface area contributed by atoms with Crippen LogP contribution in [0.3, 0.4) is 0 Å². The average molecular weight is 114 g/mol. The van der Waals surface area contributed by atoms with Crippen LogP contribution in [0.15, 0.2) is 12.3 Å². The molecule has 0 aromatic carbocycles. The van der Waals surface area contributed by atoms with Crippen LogP contribution in [-0.2, 0) is 0 Å². The molecule has 0 amide bonds. The van der Waals surface area contributed by atoms with Crippen molar-refractivity contribution in [2.75, 3.05) is 6.54 Å². The summed E-state index contributed by atoms with van der Waals surface area (Å²) in [5.74, 6) is 0.106. The molecule has 0 rings (SSSR count). The molecule has 3 heteroatoms. The third-order valence-electron chi connectivity index (χ3n) is 0.648. The summed E-state index contributed by atoms with van der Waals surface area (Å²) < 4.78 is 0. The van der Waals surface area contributed by atoms with Gasteiger partial charge in [-0.2, -0.15) is 0 Å². The minimum absolute atomic E-state index is 0.106. The highest BCUT2D eigenvalue weighted by Crippen LogP contribution is 1.56. The number of amidine groups is 1. The molecule has 46 valence electrons. The number of nitrogens with one attached hydrogen (secondary N) is 1. The zero-order chi connectivity index (χ0) is 6.41. The van der Waals surface area contributed by atoms with Crippen LogP contribution < -0.4 is 11.1 Å². The molecular formula is C5H12N3+. The van der Waals surface area contributed by atoms with Gasteiger partial charge in [0.05, 0.1) is 12.7 Å². The summed E-state index contributed by atoms with van der Waals surface area (Å²) in [6, 6.07) is 0. The van der Waals surface area contributed by atoms with Crippen molar-refractivity contribution in [3.05, 3.63) is 12.3 Å². The predicted molar refractivity (Wildman–Crippen MR) is 33.5 cm³/mol. The van der Waals surface area contributed by atoms with E-state index >= 15 is 0 Å². The summed E-state index contributed by atoms with van der Waals surface area (Å²) in [6.07, 6.45) is 3.34. The summed E-state index contributed by atoms with van der Waals surface area (Å²) >= 11 is 0. The average Bonchev–Trinajstić information content (AvgIpc) is 1.66. The Kier molecular flexibility index (Phi) is 3.88. The molecule has 3 nitrogen and oxygen atoms in total. The Labute approximate surface area is 49.1 Å². The predicted octanol–water partition coefficient (Wildman–Crippen LogP) is -0.981. The third-order valence-corrected chi connectivity index (χ3v) is 0.648. The fourth-order valence-corrected chi connectivity index (χ4v) is 0.308. The number of hydrogen-bond donors (Lipinski definition) is 3. The highest BCUT2D eigenvalue weighted by molar-refractivity contribution is 5.88. The van der Waals surface area contributed by atoms with E-state index in [2.05, 4.69) is 0 Å². The number of quaternary nitrogens is 1.